The highest BCUT2D eigenvalue weighted by molar-refractivity contribution is 9.10. The number of likely N-dealkylation sites (tertiary alicyclic amines) is 1. The lowest BCUT2D eigenvalue weighted by molar-refractivity contribution is 0.0697. The zero-order valence-electron chi connectivity index (χ0n) is 11.3. The molecule has 2 aliphatic rings. The van der Waals surface area contributed by atoms with E-state index in [9.17, 15) is 4.79 Å². The number of fused-ring (bicyclic) bond motifs is 1. The number of ether oxygens (including phenoxy) is 2. The number of rotatable bonds is 2. The SMILES string of the molecule is CN[C@@H]1CCCN(C(=O)c2cc(Br)c3c(c2)OCO3)C1. The lowest BCUT2D eigenvalue weighted by atomic mass is 10.0. The van der Waals surface area contributed by atoms with Crippen LogP contribution in [0, 0.1) is 0 Å². The van der Waals surface area contributed by atoms with Crippen molar-refractivity contribution < 1.29 is 14.3 Å². The number of likely N-dealkylation sites (N-methyl/N-ethyl adjacent to an activating group) is 1. The first-order valence-corrected chi connectivity index (χ1v) is 7.54. The number of carbonyl (C=O) groups excluding carboxylic acids is 1. The fraction of sp³-hybridized carbons (Fsp3) is 0.500. The maximum absolute atomic E-state index is 12.6. The Kier molecular flexibility index (Phi) is 3.85. The number of nitrogens with one attached hydrogen (secondary N) is 1. The van der Waals surface area contributed by atoms with Crippen LogP contribution in [0.1, 0.15) is 23.2 Å². The molecule has 1 aromatic rings. The third kappa shape index (κ3) is 2.50. The van der Waals surface area contributed by atoms with Crippen LogP contribution in [0.15, 0.2) is 16.6 Å². The molecule has 0 saturated carbocycles. The molecule has 3 rings (SSSR count). The van der Waals surface area contributed by atoms with E-state index in [1.165, 1.54) is 0 Å². The maximum Gasteiger partial charge on any atom is 0.254 e. The van der Waals surface area contributed by atoms with Crippen molar-refractivity contribution in [2.24, 2.45) is 0 Å². The van der Waals surface area contributed by atoms with E-state index >= 15 is 0 Å². The van der Waals surface area contributed by atoms with Gasteiger partial charge in [-0.05, 0) is 48.0 Å². The highest BCUT2D eigenvalue weighted by Gasteiger charge is 2.26. The van der Waals surface area contributed by atoms with Crippen LogP contribution in [0.3, 0.4) is 0 Å². The molecule has 1 amide bonds. The Morgan fingerprint density at radius 1 is 1.45 bits per heavy atom. The Labute approximate surface area is 126 Å². The Bertz CT molecular complexity index is 535. The normalized spacial score (nSPS) is 21.1. The van der Waals surface area contributed by atoms with Gasteiger partial charge in [0.1, 0.15) is 0 Å². The minimum absolute atomic E-state index is 0.0453. The van der Waals surface area contributed by atoms with Crippen LogP contribution >= 0.6 is 15.9 Å². The first-order valence-electron chi connectivity index (χ1n) is 6.74. The molecule has 20 heavy (non-hydrogen) atoms. The summed E-state index contributed by atoms with van der Waals surface area (Å²) in [6.07, 6.45) is 2.15. The highest BCUT2D eigenvalue weighted by Crippen LogP contribution is 2.40. The fourth-order valence-electron chi connectivity index (χ4n) is 2.67. The van der Waals surface area contributed by atoms with Crippen LogP contribution in [0.5, 0.6) is 11.5 Å². The zero-order valence-corrected chi connectivity index (χ0v) is 12.9. The minimum atomic E-state index is 0.0453. The van der Waals surface area contributed by atoms with Crippen molar-refractivity contribution in [1.29, 1.82) is 0 Å². The van der Waals surface area contributed by atoms with Gasteiger partial charge in [-0.1, -0.05) is 0 Å². The van der Waals surface area contributed by atoms with E-state index in [2.05, 4.69) is 21.2 Å². The van der Waals surface area contributed by atoms with Gasteiger partial charge in [0.2, 0.25) is 6.79 Å². The number of hydrogen-bond acceptors (Lipinski definition) is 4. The Morgan fingerprint density at radius 2 is 2.30 bits per heavy atom. The lowest BCUT2D eigenvalue weighted by Gasteiger charge is -2.32. The third-order valence-electron chi connectivity index (χ3n) is 3.79. The van der Waals surface area contributed by atoms with E-state index < -0.39 is 0 Å². The molecular weight excluding hydrogens is 324 g/mol. The second-order valence-electron chi connectivity index (χ2n) is 5.07. The van der Waals surface area contributed by atoms with Gasteiger partial charge < -0.3 is 19.7 Å². The van der Waals surface area contributed by atoms with Crippen LogP contribution in [0.2, 0.25) is 0 Å². The average Bonchev–Trinajstić information content (AvgIpc) is 2.95. The largest absolute Gasteiger partial charge is 0.454 e. The van der Waals surface area contributed by atoms with Crippen molar-refractivity contribution in [3.63, 3.8) is 0 Å². The van der Waals surface area contributed by atoms with Gasteiger partial charge in [-0.3, -0.25) is 4.79 Å². The average molecular weight is 341 g/mol. The molecule has 5 nitrogen and oxygen atoms in total. The van der Waals surface area contributed by atoms with Gasteiger partial charge in [0, 0.05) is 24.7 Å². The van der Waals surface area contributed by atoms with Crippen LogP contribution in [-0.2, 0) is 0 Å². The first kappa shape index (κ1) is 13.7. The van der Waals surface area contributed by atoms with E-state index in [0.29, 0.717) is 23.1 Å². The summed E-state index contributed by atoms with van der Waals surface area (Å²) >= 11 is 3.43. The van der Waals surface area contributed by atoms with Gasteiger partial charge in [0.25, 0.3) is 5.91 Å². The topological polar surface area (TPSA) is 50.8 Å². The van der Waals surface area contributed by atoms with Crippen molar-refractivity contribution in [2.75, 3.05) is 26.9 Å². The van der Waals surface area contributed by atoms with Gasteiger partial charge in [-0.15, -0.1) is 0 Å². The molecule has 6 heteroatoms. The highest BCUT2D eigenvalue weighted by atomic mass is 79.9. The van der Waals surface area contributed by atoms with Crippen molar-refractivity contribution in [3.05, 3.63) is 22.2 Å². The molecular formula is C14H17BrN2O3. The standard InChI is InChI=1S/C14H17BrN2O3/c1-16-10-3-2-4-17(7-10)14(18)9-5-11(15)13-12(6-9)19-8-20-13/h5-6,10,16H,2-4,7-8H2,1H3/t10-/m1/s1. The predicted molar refractivity (Wildman–Crippen MR) is 78.3 cm³/mol. The van der Waals surface area contributed by atoms with Crippen LogP contribution in [-0.4, -0.2) is 43.8 Å². The van der Waals surface area contributed by atoms with Crippen molar-refractivity contribution in [2.45, 2.75) is 18.9 Å². The number of hydrogen-bond donors (Lipinski definition) is 1. The van der Waals surface area contributed by atoms with Gasteiger partial charge in [0.15, 0.2) is 11.5 Å². The molecule has 0 bridgehead atoms. The molecule has 1 saturated heterocycles. The molecule has 1 aromatic carbocycles. The molecule has 108 valence electrons. The summed E-state index contributed by atoms with van der Waals surface area (Å²) in [7, 11) is 1.94. The summed E-state index contributed by atoms with van der Waals surface area (Å²) in [4.78, 5) is 14.5. The lowest BCUT2D eigenvalue weighted by Crippen LogP contribution is -2.46. The number of benzene rings is 1. The van der Waals surface area contributed by atoms with E-state index in [1.54, 1.807) is 12.1 Å². The third-order valence-corrected chi connectivity index (χ3v) is 4.38. The Hall–Kier alpha value is -1.27. The first-order chi connectivity index (χ1) is 9.69. The molecule has 0 spiro atoms. The van der Waals surface area contributed by atoms with E-state index in [1.807, 2.05) is 11.9 Å². The van der Waals surface area contributed by atoms with Crippen molar-refractivity contribution in [1.82, 2.24) is 10.2 Å². The van der Waals surface area contributed by atoms with E-state index in [4.69, 9.17) is 9.47 Å². The van der Waals surface area contributed by atoms with Gasteiger partial charge in [0.05, 0.1) is 4.47 Å². The molecule has 1 N–H and O–H groups in total. The number of nitrogens with zero attached hydrogens (tertiary/aromatic N) is 1. The summed E-state index contributed by atoms with van der Waals surface area (Å²) in [5.74, 6) is 1.35. The zero-order chi connectivity index (χ0) is 14.1. The molecule has 0 radical (unpaired) electrons. The molecule has 0 unspecified atom stereocenters. The van der Waals surface area contributed by atoms with Crippen molar-refractivity contribution >= 4 is 21.8 Å². The summed E-state index contributed by atoms with van der Waals surface area (Å²) in [6, 6.07) is 3.95. The molecule has 1 atom stereocenters. The van der Waals surface area contributed by atoms with Gasteiger partial charge >= 0.3 is 0 Å². The monoisotopic (exact) mass is 340 g/mol. The second-order valence-corrected chi connectivity index (χ2v) is 5.93. The molecule has 2 aliphatic heterocycles. The summed E-state index contributed by atoms with van der Waals surface area (Å²) in [5.41, 5.74) is 0.637. The maximum atomic E-state index is 12.6. The molecule has 1 fully saturated rings. The Balaban J connectivity index is 1.82. The molecule has 2 heterocycles. The molecule has 0 aliphatic carbocycles. The number of piperidine rings is 1. The van der Waals surface area contributed by atoms with E-state index in [0.717, 1.165) is 30.4 Å². The quantitative estimate of drug-likeness (QED) is 0.894. The van der Waals surface area contributed by atoms with Crippen molar-refractivity contribution in [3.8, 4) is 11.5 Å². The van der Waals surface area contributed by atoms with Crippen LogP contribution in [0.4, 0.5) is 0 Å². The van der Waals surface area contributed by atoms with Gasteiger partial charge in [-0.25, -0.2) is 0 Å². The van der Waals surface area contributed by atoms with Crippen LogP contribution in [0.25, 0.3) is 0 Å². The second kappa shape index (κ2) is 5.61. The number of halogens is 1. The number of carbonyl (C=O) groups is 1. The minimum Gasteiger partial charge on any atom is -0.454 e. The summed E-state index contributed by atoms with van der Waals surface area (Å²) < 4.78 is 11.5. The fourth-order valence-corrected chi connectivity index (χ4v) is 3.23. The smallest absolute Gasteiger partial charge is 0.254 e. The van der Waals surface area contributed by atoms with Crippen LogP contribution < -0.4 is 14.8 Å². The van der Waals surface area contributed by atoms with E-state index in [-0.39, 0.29) is 12.7 Å². The number of amides is 1. The Morgan fingerprint density at radius 3 is 3.10 bits per heavy atom. The van der Waals surface area contributed by atoms with Gasteiger partial charge in [-0.2, -0.15) is 0 Å². The molecule has 0 aromatic heterocycles. The summed E-state index contributed by atoms with van der Waals surface area (Å²) in [5, 5.41) is 3.25. The summed E-state index contributed by atoms with van der Waals surface area (Å²) in [6.45, 7) is 1.77. The predicted octanol–water partition coefficient (Wildman–Crippen LogP) is 2.00.